The van der Waals surface area contributed by atoms with Gasteiger partial charge in [-0.3, -0.25) is 13.8 Å². The van der Waals surface area contributed by atoms with Gasteiger partial charge < -0.3 is 19.8 Å². The number of nitrogens with one attached hydrogen (secondary N) is 1. The van der Waals surface area contributed by atoms with Crippen molar-refractivity contribution in [3.63, 3.8) is 0 Å². The second-order valence-corrected chi connectivity index (χ2v) is 21.7. The molecule has 70 heavy (non-hydrogen) atoms. The lowest BCUT2D eigenvalue weighted by atomic mass is 10.0. The Morgan fingerprint density at radius 3 is 1.31 bits per heavy atom. The van der Waals surface area contributed by atoms with Crippen LogP contribution in [0.15, 0.2) is 97.2 Å². The zero-order valence-electron chi connectivity index (χ0n) is 46.0. The lowest BCUT2D eigenvalue weighted by Crippen LogP contribution is -2.45. The lowest BCUT2D eigenvalue weighted by Gasteiger charge is -2.25. The minimum atomic E-state index is -4.36. The molecule has 0 aromatic heterocycles. The molecule has 0 aromatic carbocycles. The van der Waals surface area contributed by atoms with Crippen molar-refractivity contribution in [3.8, 4) is 0 Å². The van der Waals surface area contributed by atoms with Gasteiger partial charge in [0.2, 0.25) is 5.91 Å². The zero-order valence-corrected chi connectivity index (χ0v) is 46.9. The summed E-state index contributed by atoms with van der Waals surface area (Å²) in [5.74, 6) is -0.195. The molecule has 0 aliphatic carbocycles. The molecule has 0 saturated carbocycles. The van der Waals surface area contributed by atoms with Gasteiger partial charge in [-0.25, -0.2) is 4.57 Å². The number of allylic oxidation sites excluding steroid dienone is 15. The standard InChI is InChI=1S/C61H109N2O6P/c1-6-8-10-12-14-16-18-20-22-24-26-27-28-29-30-31-32-33-34-35-37-39-41-43-45-47-49-51-53-55-61(65)62-59(58-69-70(66,67)68-57-56-63(3,4)5)60(64)54-52-50-48-46-44-42-40-38-36-25-23-21-19-17-15-13-11-9-7-2/h8,10,14,16,20,22,26-27,29-30,32-33,44,46,52,54,59-60,64H,6-7,9,11-13,15,17-19,21,23-25,28,31,34-43,45,47-51,53,55-58H2,1-5H3,(H-,62,65,66,67)/p+1/b10-8-,16-14-,22-20-,27-26-,30-29-,33-32-,46-44+,54-52+. The van der Waals surface area contributed by atoms with E-state index in [1.54, 1.807) is 6.08 Å². The number of carbonyl (C=O) groups is 1. The smallest absolute Gasteiger partial charge is 0.387 e. The number of quaternary nitrogens is 1. The average Bonchev–Trinajstić information content (AvgIpc) is 3.32. The summed E-state index contributed by atoms with van der Waals surface area (Å²) >= 11 is 0. The van der Waals surface area contributed by atoms with E-state index < -0.39 is 20.0 Å². The van der Waals surface area contributed by atoms with Crippen molar-refractivity contribution in [2.45, 2.75) is 244 Å². The fourth-order valence-electron chi connectivity index (χ4n) is 7.83. The summed E-state index contributed by atoms with van der Waals surface area (Å²) in [5.41, 5.74) is 0. The lowest BCUT2D eigenvalue weighted by molar-refractivity contribution is -0.870. The van der Waals surface area contributed by atoms with E-state index in [2.05, 4.69) is 104 Å². The minimum absolute atomic E-state index is 0.0510. The number of rotatable bonds is 51. The third kappa shape index (κ3) is 53.2. The number of aliphatic hydroxyl groups excluding tert-OH is 1. The van der Waals surface area contributed by atoms with Crippen molar-refractivity contribution >= 4 is 13.7 Å². The molecule has 8 nitrogen and oxygen atoms in total. The van der Waals surface area contributed by atoms with E-state index in [0.29, 0.717) is 17.4 Å². The highest BCUT2D eigenvalue weighted by Crippen LogP contribution is 2.43. The molecule has 0 saturated heterocycles. The van der Waals surface area contributed by atoms with Crippen LogP contribution in [0, 0.1) is 0 Å². The number of carbonyl (C=O) groups excluding carboxylic acids is 1. The highest BCUT2D eigenvalue weighted by Gasteiger charge is 2.27. The number of likely N-dealkylation sites (N-methyl/N-ethyl adjacent to an activating group) is 1. The number of phosphoric ester groups is 1. The average molecular weight is 999 g/mol. The molecule has 0 bridgehead atoms. The Morgan fingerprint density at radius 1 is 0.500 bits per heavy atom. The quantitative estimate of drug-likeness (QED) is 0.0243. The highest BCUT2D eigenvalue weighted by atomic mass is 31.2. The summed E-state index contributed by atoms with van der Waals surface area (Å²) in [6.07, 6.45) is 73.6. The fraction of sp³-hybridized carbons (Fsp3) is 0.721. The van der Waals surface area contributed by atoms with Crippen LogP contribution in [0.3, 0.4) is 0 Å². The molecule has 3 atom stereocenters. The number of aliphatic hydroxyl groups is 1. The van der Waals surface area contributed by atoms with Crippen LogP contribution in [-0.4, -0.2) is 73.4 Å². The van der Waals surface area contributed by atoms with Crippen molar-refractivity contribution in [1.29, 1.82) is 0 Å². The van der Waals surface area contributed by atoms with E-state index in [0.717, 1.165) is 83.5 Å². The molecule has 0 spiro atoms. The Balaban J connectivity index is 4.27. The summed E-state index contributed by atoms with van der Waals surface area (Å²) in [6, 6.07) is -0.872. The molecular weight excluding hydrogens is 888 g/mol. The first-order valence-corrected chi connectivity index (χ1v) is 30.1. The second-order valence-electron chi connectivity index (χ2n) is 20.3. The van der Waals surface area contributed by atoms with Crippen molar-refractivity contribution in [3.05, 3.63) is 97.2 Å². The summed E-state index contributed by atoms with van der Waals surface area (Å²) < 4.78 is 23.7. The summed E-state index contributed by atoms with van der Waals surface area (Å²) in [7, 11) is 1.54. The summed E-state index contributed by atoms with van der Waals surface area (Å²) in [5, 5.41) is 13.9. The summed E-state index contributed by atoms with van der Waals surface area (Å²) in [4.78, 5) is 23.3. The predicted octanol–water partition coefficient (Wildman–Crippen LogP) is 17.4. The molecule has 3 N–H and O–H groups in total. The van der Waals surface area contributed by atoms with Gasteiger partial charge >= 0.3 is 7.82 Å². The third-order valence-corrected chi connectivity index (χ3v) is 13.3. The van der Waals surface area contributed by atoms with Gasteiger partial charge in [-0.05, 0) is 83.5 Å². The molecule has 0 aromatic rings. The molecular formula is C61H110N2O6P+. The van der Waals surface area contributed by atoms with Crippen LogP contribution in [-0.2, 0) is 18.4 Å². The Kier molecular flexibility index (Phi) is 49.4. The summed E-state index contributed by atoms with van der Waals surface area (Å²) in [6.45, 7) is 4.68. The predicted molar refractivity (Wildman–Crippen MR) is 304 cm³/mol. The Labute approximate surface area is 432 Å². The van der Waals surface area contributed by atoms with Crippen LogP contribution < -0.4 is 5.32 Å². The van der Waals surface area contributed by atoms with Crippen LogP contribution in [0.5, 0.6) is 0 Å². The number of unbranched alkanes of at least 4 members (excludes halogenated alkanes) is 24. The second kappa shape index (κ2) is 51.3. The maximum atomic E-state index is 13.0. The van der Waals surface area contributed by atoms with Crippen molar-refractivity contribution in [1.82, 2.24) is 5.32 Å². The van der Waals surface area contributed by atoms with Crippen molar-refractivity contribution in [2.24, 2.45) is 0 Å². The number of amides is 1. The van der Waals surface area contributed by atoms with Crippen LogP contribution in [0.25, 0.3) is 0 Å². The van der Waals surface area contributed by atoms with Crippen LogP contribution in [0.1, 0.15) is 232 Å². The van der Waals surface area contributed by atoms with E-state index >= 15 is 0 Å². The van der Waals surface area contributed by atoms with Crippen molar-refractivity contribution in [2.75, 3.05) is 40.9 Å². The maximum Gasteiger partial charge on any atom is 0.472 e. The molecule has 9 heteroatoms. The molecule has 404 valence electrons. The van der Waals surface area contributed by atoms with E-state index in [-0.39, 0.29) is 19.1 Å². The topological polar surface area (TPSA) is 105 Å². The fourth-order valence-corrected chi connectivity index (χ4v) is 8.56. The molecule has 0 heterocycles. The number of hydrogen-bond donors (Lipinski definition) is 3. The number of hydrogen-bond acceptors (Lipinski definition) is 5. The Hall–Kier alpha value is -2.58. The van der Waals surface area contributed by atoms with Gasteiger partial charge in [0.15, 0.2) is 0 Å². The minimum Gasteiger partial charge on any atom is -0.387 e. The first-order valence-electron chi connectivity index (χ1n) is 28.6. The Morgan fingerprint density at radius 2 is 0.871 bits per heavy atom. The van der Waals surface area contributed by atoms with Crippen LogP contribution >= 0.6 is 7.82 Å². The van der Waals surface area contributed by atoms with Gasteiger partial charge in [-0.2, -0.15) is 0 Å². The molecule has 0 aliphatic rings. The van der Waals surface area contributed by atoms with Gasteiger partial charge in [0, 0.05) is 6.42 Å². The van der Waals surface area contributed by atoms with Gasteiger partial charge in [-0.15, -0.1) is 0 Å². The van der Waals surface area contributed by atoms with Crippen molar-refractivity contribution < 1.29 is 32.9 Å². The van der Waals surface area contributed by atoms with Gasteiger partial charge in [0.1, 0.15) is 13.2 Å². The van der Waals surface area contributed by atoms with Crippen LogP contribution in [0.4, 0.5) is 0 Å². The van der Waals surface area contributed by atoms with E-state index in [1.807, 2.05) is 27.2 Å². The van der Waals surface area contributed by atoms with E-state index in [4.69, 9.17) is 9.05 Å². The molecule has 0 fully saturated rings. The third-order valence-electron chi connectivity index (χ3n) is 12.3. The molecule has 3 unspecified atom stereocenters. The van der Waals surface area contributed by atoms with Gasteiger partial charge in [0.25, 0.3) is 0 Å². The first-order chi connectivity index (χ1) is 34.0. The molecule has 0 aliphatic heterocycles. The van der Waals surface area contributed by atoms with Gasteiger partial charge in [-0.1, -0.05) is 239 Å². The molecule has 1 amide bonds. The number of nitrogens with zero attached hydrogens (tertiary/aromatic N) is 1. The largest absolute Gasteiger partial charge is 0.472 e. The normalized spacial score (nSPS) is 14.7. The maximum absolute atomic E-state index is 13.0. The van der Waals surface area contributed by atoms with E-state index in [1.165, 1.54) is 128 Å². The highest BCUT2D eigenvalue weighted by molar-refractivity contribution is 7.47. The van der Waals surface area contributed by atoms with Gasteiger partial charge in [0.05, 0.1) is 39.9 Å². The van der Waals surface area contributed by atoms with Crippen LogP contribution in [0.2, 0.25) is 0 Å². The van der Waals surface area contributed by atoms with E-state index in [9.17, 15) is 19.4 Å². The molecule has 0 radical (unpaired) electrons. The Bertz CT molecular complexity index is 1460. The molecule has 0 rings (SSSR count). The monoisotopic (exact) mass is 998 g/mol. The zero-order chi connectivity index (χ0) is 51.3. The first kappa shape index (κ1) is 67.4. The number of phosphoric acid groups is 1. The SMILES string of the molecule is CC/C=C\C/C=C\C/C=C\C/C=C\C/C=C\C/C=C\CCCCCCCCCCCCC(=O)NC(COP(=O)(O)OCC[N+](C)(C)C)C(O)/C=C/CC/C=C/CCCCCCCCCCCCCCC.